The molecule has 0 atom stereocenters. The molecular formula is C19H19N3O2. The monoisotopic (exact) mass is 321 g/mol. The summed E-state index contributed by atoms with van der Waals surface area (Å²) in [5.41, 5.74) is 8.98. The molecule has 0 aliphatic heterocycles. The van der Waals surface area contributed by atoms with Gasteiger partial charge < -0.3 is 15.5 Å². The Balaban J connectivity index is 1.84. The molecule has 1 amide bonds. The smallest absolute Gasteiger partial charge is 0.255 e. The van der Waals surface area contributed by atoms with Crippen LogP contribution in [0.2, 0.25) is 0 Å². The van der Waals surface area contributed by atoms with Crippen molar-refractivity contribution in [2.75, 3.05) is 11.1 Å². The molecule has 2 heterocycles. The Morgan fingerprint density at radius 1 is 1.04 bits per heavy atom. The van der Waals surface area contributed by atoms with Gasteiger partial charge in [-0.25, -0.2) is 0 Å². The molecule has 0 aliphatic rings. The van der Waals surface area contributed by atoms with Gasteiger partial charge in [0.05, 0.1) is 0 Å². The Kier molecular flexibility index (Phi) is 4.08. The van der Waals surface area contributed by atoms with Crippen molar-refractivity contribution in [1.82, 2.24) is 4.40 Å². The number of nitrogens with one attached hydrogen (secondary N) is 1. The standard InChI is InChI=1S/C19H19N3O2/c1-12(2)18(23)14-9-17-10-16(7-8-22(17)11-14)21-19(24)13-3-5-15(20)6-4-13/h3-12H,20H2,1-2H3,(H,21,24). The molecule has 0 radical (unpaired) electrons. The van der Waals surface area contributed by atoms with Crippen molar-refractivity contribution in [3.63, 3.8) is 0 Å². The maximum Gasteiger partial charge on any atom is 0.255 e. The third-order valence-electron chi connectivity index (χ3n) is 3.84. The number of nitrogen functional groups attached to an aromatic ring is 1. The third-order valence-corrected chi connectivity index (χ3v) is 3.84. The van der Waals surface area contributed by atoms with Gasteiger partial charge in [0.25, 0.3) is 5.91 Å². The van der Waals surface area contributed by atoms with Crippen LogP contribution in [0.5, 0.6) is 0 Å². The van der Waals surface area contributed by atoms with Crippen LogP contribution in [0.1, 0.15) is 34.6 Å². The largest absolute Gasteiger partial charge is 0.399 e. The predicted molar refractivity (Wildman–Crippen MR) is 95.4 cm³/mol. The first-order valence-corrected chi connectivity index (χ1v) is 7.77. The number of nitrogens with two attached hydrogens (primary N) is 1. The summed E-state index contributed by atoms with van der Waals surface area (Å²) in [4.78, 5) is 24.3. The zero-order chi connectivity index (χ0) is 17.3. The number of nitrogens with zero attached hydrogens (tertiary/aromatic N) is 1. The highest BCUT2D eigenvalue weighted by molar-refractivity contribution is 6.05. The van der Waals surface area contributed by atoms with Crippen LogP contribution in [-0.4, -0.2) is 16.1 Å². The normalized spacial score (nSPS) is 11.0. The van der Waals surface area contributed by atoms with Crippen LogP contribution in [0.3, 0.4) is 0 Å². The third kappa shape index (κ3) is 3.15. The topological polar surface area (TPSA) is 76.6 Å². The number of hydrogen-bond acceptors (Lipinski definition) is 3. The lowest BCUT2D eigenvalue weighted by atomic mass is 10.0. The number of rotatable bonds is 4. The van der Waals surface area contributed by atoms with E-state index in [-0.39, 0.29) is 17.6 Å². The molecule has 0 spiro atoms. The Morgan fingerprint density at radius 2 is 1.75 bits per heavy atom. The first-order chi connectivity index (χ1) is 11.4. The van der Waals surface area contributed by atoms with Gasteiger partial charge >= 0.3 is 0 Å². The summed E-state index contributed by atoms with van der Waals surface area (Å²) in [6, 6.07) is 12.2. The second-order valence-corrected chi connectivity index (χ2v) is 6.07. The van der Waals surface area contributed by atoms with Crippen molar-refractivity contribution in [3.05, 3.63) is 66.0 Å². The summed E-state index contributed by atoms with van der Waals surface area (Å²) in [6.45, 7) is 3.76. The minimum atomic E-state index is -0.204. The van der Waals surface area contributed by atoms with Gasteiger partial charge in [0.15, 0.2) is 5.78 Å². The number of hydrogen-bond donors (Lipinski definition) is 2. The molecule has 0 saturated carbocycles. The van der Waals surface area contributed by atoms with Gasteiger partial charge in [0.2, 0.25) is 0 Å². The number of fused-ring (bicyclic) bond motifs is 1. The minimum absolute atomic E-state index is 0.0490. The number of aromatic nitrogens is 1. The minimum Gasteiger partial charge on any atom is -0.399 e. The molecule has 3 rings (SSSR count). The molecule has 2 aromatic heterocycles. The van der Waals surface area contributed by atoms with Gasteiger partial charge in [-0.2, -0.15) is 0 Å². The highest BCUT2D eigenvalue weighted by Gasteiger charge is 2.13. The van der Waals surface area contributed by atoms with Crippen LogP contribution in [0.4, 0.5) is 11.4 Å². The lowest BCUT2D eigenvalue weighted by molar-refractivity contribution is 0.0939. The van der Waals surface area contributed by atoms with E-state index in [2.05, 4.69) is 5.32 Å². The van der Waals surface area contributed by atoms with Gasteiger partial charge in [-0.05, 0) is 42.5 Å². The molecule has 122 valence electrons. The lowest BCUT2D eigenvalue weighted by Crippen LogP contribution is -2.11. The number of ketones is 1. The summed E-state index contributed by atoms with van der Waals surface area (Å²) < 4.78 is 1.87. The first-order valence-electron chi connectivity index (χ1n) is 7.77. The van der Waals surface area contributed by atoms with E-state index in [1.165, 1.54) is 0 Å². The molecule has 0 saturated heterocycles. The van der Waals surface area contributed by atoms with Gasteiger partial charge in [0.1, 0.15) is 0 Å². The van der Waals surface area contributed by atoms with Crippen molar-refractivity contribution < 1.29 is 9.59 Å². The predicted octanol–water partition coefficient (Wildman–Crippen LogP) is 3.61. The number of anilines is 2. The van der Waals surface area contributed by atoms with Crippen LogP contribution < -0.4 is 11.1 Å². The van der Waals surface area contributed by atoms with E-state index in [4.69, 9.17) is 5.73 Å². The Labute approximate surface area is 140 Å². The molecule has 0 aliphatic carbocycles. The molecular weight excluding hydrogens is 302 g/mol. The maximum atomic E-state index is 12.3. The highest BCUT2D eigenvalue weighted by Crippen LogP contribution is 2.18. The molecule has 5 heteroatoms. The number of pyridine rings is 1. The molecule has 5 nitrogen and oxygen atoms in total. The molecule has 3 N–H and O–H groups in total. The van der Waals surface area contributed by atoms with Crippen LogP contribution >= 0.6 is 0 Å². The number of amides is 1. The fourth-order valence-corrected chi connectivity index (χ4v) is 2.49. The van der Waals surface area contributed by atoms with E-state index < -0.39 is 0 Å². The van der Waals surface area contributed by atoms with Crippen LogP contribution in [0, 0.1) is 5.92 Å². The average Bonchev–Trinajstić information content (AvgIpc) is 2.97. The quantitative estimate of drug-likeness (QED) is 0.569. The molecule has 0 unspecified atom stereocenters. The average molecular weight is 321 g/mol. The zero-order valence-electron chi connectivity index (χ0n) is 13.6. The fraction of sp³-hybridized carbons (Fsp3) is 0.158. The fourth-order valence-electron chi connectivity index (χ4n) is 2.49. The summed E-state index contributed by atoms with van der Waals surface area (Å²) >= 11 is 0. The number of Topliss-reactive ketones (excluding diaryl/α,β-unsaturated/α-hetero) is 1. The number of carbonyl (C=O) groups is 2. The molecule has 0 bridgehead atoms. The SMILES string of the molecule is CC(C)C(=O)c1cc2cc(NC(=O)c3ccc(N)cc3)ccn2c1. The van der Waals surface area contributed by atoms with E-state index in [0.29, 0.717) is 22.5 Å². The number of benzene rings is 1. The van der Waals surface area contributed by atoms with Crippen molar-refractivity contribution in [2.24, 2.45) is 5.92 Å². The molecule has 3 aromatic rings. The van der Waals surface area contributed by atoms with E-state index in [9.17, 15) is 9.59 Å². The maximum absolute atomic E-state index is 12.3. The van der Waals surface area contributed by atoms with Gasteiger partial charge in [-0.3, -0.25) is 9.59 Å². The van der Waals surface area contributed by atoms with Crippen molar-refractivity contribution in [2.45, 2.75) is 13.8 Å². The Morgan fingerprint density at radius 3 is 2.42 bits per heavy atom. The Hall–Kier alpha value is -3.08. The summed E-state index contributed by atoms with van der Waals surface area (Å²) in [7, 11) is 0. The summed E-state index contributed by atoms with van der Waals surface area (Å²) in [5, 5.41) is 2.85. The first kappa shape index (κ1) is 15.8. The van der Waals surface area contributed by atoms with Crippen LogP contribution in [0.25, 0.3) is 5.52 Å². The van der Waals surface area contributed by atoms with E-state index in [1.54, 1.807) is 30.3 Å². The highest BCUT2D eigenvalue weighted by atomic mass is 16.1. The number of carbonyl (C=O) groups excluding carboxylic acids is 2. The van der Waals surface area contributed by atoms with Gasteiger partial charge in [0, 0.05) is 46.3 Å². The second kappa shape index (κ2) is 6.20. The molecule has 0 fully saturated rings. The van der Waals surface area contributed by atoms with E-state index in [0.717, 1.165) is 5.52 Å². The summed E-state index contributed by atoms with van der Waals surface area (Å²) in [6.07, 6.45) is 3.63. The van der Waals surface area contributed by atoms with E-state index >= 15 is 0 Å². The second-order valence-electron chi connectivity index (χ2n) is 6.07. The van der Waals surface area contributed by atoms with Crippen molar-refractivity contribution in [1.29, 1.82) is 0 Å². The van der Waals surface area contributed by atoms with Crippen molar-refractivity contribution >= 4 is 28.6 Å². The van der Waals surface area contributed by atoms with Crippen LogP contribution in [-0.2, 0) is 0 Å². The van der Waals surface area contributed by atoms with Crippen LogP contribution in [0.15, 0.2) is 54.9 Å². The molecule has 1 aromatic carbocycles. The van der Waals surface area contributed by atoms with Gasteiger partial charge in [-0.1, -0.05) is 13.8 Å². The van der Waals surface area contributed by atoms with Gasteiger partial charge in [-0.15, -0.1) is 0 Å². The summed E-state index contributed by atoms with van der Waals surface area (Å²) in [5.74, 6) is -0.150. The van der Waals surface area contributed by atoms with Crippen molar-refractivity contribution in [3.8, 4) is 0 Å². The lowest BCUT2D eigenvalue weighted by Gasteiger charge is -2.06. The zero-order valence-corrected chi connectivity index (χ0v) is 13.6. The Bertz CT molecular complexity index is 908. The molecule has 24 heavy (non-hydrogen) atoms. The van der Waals surface area contributed by atoms with E-state index in [1.807, 2.05) is 42.8 Å².